The van der Waals surface area contributed by atoms with Crippen LogP contribution in [0.2, 0.25) is 0 Å². The van der Waals surface area contributed by atoms with Crippen LogP contribution < -0.4 is 5.32 Å². The van der Waals surface area contributed by atoms with Crippen molar-refractivity contribution in [2.24, 2.45) is 0 Å². The summed E-state index contributed by atoms with van der Waals surface area (Å²) in [7, 11) is 6.12. The molecule has 0 bridgehead atoms. The van der Waals surface area contributed by atoms with Gasteiger partial charge in [0.1, 0.15) is 5.54 Å². The predicted molar refractivity (Wildman–Crippen MR) is 70.8 cm³/mol. The molecule has 0 aromatic carbocycles. The standard InChI is InChI=1S/C13H26N4/c1-13(11-14,15-2)7-9-17-8-5-6-12(17)10-16(3)4/h12,15H,5-10H2,1-4H3. The zero-order valence-corrected chi connectivity index (χ0v) is 11.7. The second kappa shape index (κ2) is 6.34. The molecule has 0 spiro atoms. The van der Waals surface area contributed by atoms with Crippen LogP contribution in [0.3, 0.4) is 0 Å². The molecule has 4 nitrogen and oxygen atoms in total. The van der Waals surface area contributed by atoms with Crippen molar-refractivity contribution in [3.8, 4) is 6.07 Å². The number of hydrogen-bond acceptors (Lipinski definition) is 4. The molecule has 0 aromatic rings. The van der Waals surface area contributed by atoms with Gasteiger partial charge in [-0.05, 0) is 53.9 Å². The highest BCUT2D eigenvalue weighted by atomic mass is 15.2. The minimum absolute atomic E-state index is 0.384. The summed E-state index contributed by atoms with van der Waals surface area (Å²) in [6.45, 7) is 5.31. The number of likely N-dealkylation sites (N-methyl/N-ethyl adjacent to an activating group) is 1. The van der Waals surface area contributed by atoms with E-state index < -0.39 is 0 Å². The molecule has 1 aliphatic rings. The molecule has 2 unspecified atom stereocenters. The highest BCUT2D eigenvalue weighted by molar-refractivity contribution is 5.03. The van der Waals surface area contributed by atoms with Crippen LogP contribution in [0.5, 0.6) is 0 Å². The fraction of sp³-hybridized carbons (Fsp3) is 0.923. The summed E-state index contributed by atoms with van der Waals surface area (Å²) in [5.74, 6) is 0. The number of likely N-dealkylation sites (tertiary alicyclic amines) is 1. The van der Waals surface area contributed by atoms with E-state index in [1.807, 2.05) is 14.0 Å². The molecule has 1 heterocycles. The number of hydrogen-bond donors (Lipinski definition) is 1. The highest BCUT2D eigenvalue weighted by Gasteiger charge is 2.28. The lowest BCUT2D eigenvalue weighted by Gasteiger charge is -2.30. The Morgan fingerprint density at radius 3 is 2.76 bits per heavy atom. The van der Waals surface area contributed by atoms with Crippen LogP contribution in [0.1, 0.15) is 26.2 Å². The van der Waals surface area contributed by atoms with E-state index in [-0.39, 0.29) is 5.54 Å². The number of rotatable bonds is 6. The molecule has 1 aliphatic heterocycles. The van der Waals surface area contributed by atoms with Crippen molar-refractivity contribution in [2.45, 2.75) is 37.8 Å². The molecular weight excluding hydrogens is 212 g/mol. The van der Waals surface area contributed by atoms with E-state index in [1.54, 1.807) is 0 Å². The molecule has 0 saturated carbocycles. The molecule has 0 aliphatic carbocycles. The van der Waals surface area contributed by atoms with Gasteiger partial charge in [0.05, 0.1) is 6.07 Å². The van der Waals surface area contributed by atoms with Gasteiger partial charge in [0.2, 0.25) is 0 Å². The van der Waals surface area contributed by atoms with E-state index in [9.17, 15) is 0 Å². The maximum atomic E-state index is 9.13. The fourth-order valence-electron chi connectivity index (χ4n) is 2.42. The van der Waals surface area contributed by atoms with Crippen LogP contribution in [0.15, 0.2) is 0 Å². The Morgan fingerprint density at radius 1 is 1.53 bits per heavy atom. The van der Waals surface area contributed by atoms with Crippen LogP contribution in [0.4, 0.5) is 0 Å². The SMILES string of the molecule is CNC(C)(C#N)CCN1CCCC1CN(C)C. The summed E-state index contributed by atoms with van der Waals surface area (Å²) >= 11 is 0. The lowest BCUT2D eigenvalue weighted by molar-refractivity contribution is 0.194. The van der Waals surface area contributed by atoms with Crippen molar-refractivity contribution in [2.75, 3.05) is 40.8 Å². The summed E-state index contributed by atoms with van der Waals surface area (Å²) in [6.07, 6.45) is 3.48. The summed E-state index contributed by atoms with van der Waals surface area (Å²) in [5, 5.41) is 12.2. The minimum Gasteiger partial charge on any atom is -0.308 e. The lowest BCUT2D eigenvalue weighted by Crippen LogP contribution is -2.44. The van der Waals surface area contributed by atoms with Crippen LogP contribution in [-0.4, -0.2) is 62.2 Å². The Hall–Kier alpha value is -0.630. The molecule has 4 heteroatoms. The summed E-state index contributed by atoms with van der Waals surface area (Å²) in [6, 6.07) is 3.03. The van der Waals surface area contributed by atoms with Gasteiger partial charge in [-0.25, -0.2) is 0 Å². The topological polar surface area (TPSA) is 42.3 Å². The first-order valence-corrected chi connectivity index (χ1v) is 6.49. The fourth-order valence-corrected chi connectivity index (χ4v) is 2.42. The van der Waals surface area contributed by atoms with E-state index in [2.05, 4.69) is 35.3 Å². The summed E-state index contributed by atoms with van der Waals surface area (Å²) in [5.41, 5.74) is -0.384. The molecular formula is C13H26N4. The molecule has 0 radical (unpaired) electrons. The third-order valence-electron chi connectivity index (χ3n) is 3.77. The van der Waals surface area contributed by atoms with Gasteiger partial charge in [-0.2, -0.15) is 5.26 Å². The van der Waals surface area contributed by atoms with Crippen molar-refractivity contribution in [3.05, 3.63) is 0 Å². The highest BCUT2D eigenvalue weighted by Crippen LogP contribution is 2.19. The Morgan fingerprint density at radius 2 is 2.24 bits per heavy atom. The first-order chi connectivity index (χ1) is 8.00. The largest absolute Gasteiger partial charge is 0.308 e. The van der Waals surface area contributed by atoms with Crippen molar-refractivity contribution >= 4 is 0 Å². The maximum absolute atomic E-state index is 9.13. The average Bonchev–Trinajstić information content (AvgIpc) is 2.72. The van der Waals surface area contributed by atoms with Gasteiger partial charge >= 0.3 is 0 Å². The minimum atomic E-state index is -0.384. The molecule has 17 heavy (non-hydrogen) atoms. The molecule has 1 fully saturated rings. The van der Waals surface area contributed by atoms with Gasteiger partial charge in [0, 0.05) is 19.1 Å². The first-order valence-electron chi connectivity index (χ1n) is 6.49. The molecule has 1 rings (SSSR count). The monoisotopic (exact) mass is 238 g/mol. The number of nitrogens with zero attached hydrogens (tertiary/aromatic N) is 3. The maximum Gasteiger partial charge on any atom is 0.104 e. The average molecular weight is 238 g/mol. The van der Waals surface area contributed by atoms with Gasteiger partial charge in [-0.15, -0.1) is 0 Å². The quantitative estimate of drug-likeness (QED) is 0.747. The lowest BCUT2D eigenvalue weighted by atomic mass is 10.00. The summed E-state index contributed by atoms with van der Waals surface area (Å²) < 4.78 is 0. The van der Waals surface area contributed by atoms with Crippen LogP contribution in [0, 0.1) is 11.3 Å². The Labute approximate surface area is 106 Å². The van der Waals surface area contributed by atoms with Gasteiger partial charge in [0.25, 0.3) is 0 Å². The van der Waals surface area contributed by atoms with Crippen LogP contribution in [0.25, 0.3) is 0 Å². The normalized spacial score (nSPS) is 24.8. The molecule has 1 N–H and O–H groups in total. The first kappa shape index (κ1) is 14.4. The third-order valence-corrected chi connectivity index (χ3v) is 3.77. The Bertz CT molecular complexity index is 271. The second-order valence-corrected chi connectivity index (χ2v) is 5.54. The smallest absolute Gasteiger partial charge is 0.104 e. The van der Waals surface area contributed by atoms with Gasteiger partial charge in [-0.3, -0.25) is 4.90 Å². The molecule has 0 aromatic heterocycles. The van der Waals surface area contributed by atoms with E-state index in [4.69, 9.17) is 5.26 Å². The Balaban J connectivity index is 2.43. The van der Waals surface area contributed by atoms with E-state index in [0.29, 0.717) is 6.04 Å². The van der Waals surface area contributed by atoms with Crippen molar-refractivity contribution in [1.82, 2.24) is 15.1 Å². The molecule has 2 atom stereocenters. The zero-order chi connectivity index (χ0) is 12.9. The second-order valence-electron chi connectivity index (χ2n) is 5.54. The van der Waals surface area contributed by atoms with E-state index in [0.717, 1.165) is 19.5 Å². The van der Waals surface area contributed by atoms with Crippen molar-refractivity contribution < 1.29 is 0 Å². The van der Waals surface area contributed by atoms with E-state index >= 15 is 0 Å². The molecule has 98 valence electrons. The number of nitriles is 1. The van der Waals surface area contributed by atoms with Gasteiger partial charge in [-0.1, -0.05) is 0 Å². The van der Waals surface area contributed by atoms with Crippen molar-refractivity contribution in [1.29, 1.82) is 5.26 Å². The summed E-state index contributed by atoms with van der Waals surface area (Å²) in [4.78, 5) is 4.79. The molecule has 1 saturated heterocycles. The number of nitrogens with one attached hydrogen (secondary N) is 1. The third kappa shape index (κ3) is 4.27. The van der Waals surface area contributed by atoms with Crippen molar-refractivity contribution in [3.63, 3.8) is 0 Å². The van der Waals surface area contributed by atoms with Gasteiger partial charge in [0.15, 0.2) is 0 Å². The molecule has 0 amide bonds. The zero-order valence-electron chi connectivity index (χ0n) is 11.7. The van der Waals surface area contributed by atoms with E-state index in [1.165, 1.54) is 19.4 Å². The predicted octanol–water partition coefficient (Wildman–Crippen LogP) is 0.904. The van der Waals surface area contributed by atoms with Crippen LogP contribution in [-0.2, 0) is 0 Å². The van der Waals surface area contributed by atoms with Gasteiger partial charge < -0.3 is 10.2 Å². The Kier molecular flexibility index (Phi) is 5.38. The van der Waals surface area contributed by atoms with Crippen LogP contribution >= 0.6 is 0 Å².